The number of benzene rings is 1. The predicted molar refractivity (Wildman–Crippen MR) is 104 cm³/mol. The van der Waals surface area contributed by atoms with E-state index >= 15 is 0 Å². The summed E-state index contributed by atoms with van der Waals surface area (Å²) in [6.45, 7) is 0. The molecule has 1 aromatic heterocycles. The number of carboxylic acid groups (broad SMARTS) is 1. The number of methoxy groups -OCH3 is 1. The van der Waals surface area contributed by atoms with Gasteiger partial charge >= 0.3 is 5.97 Å². The van der Waals surface area contributed by atoms with E-state index in [2.05, 4.69) is 4.98 Å². The molecule has 2 aliphatic rings. The molecule has 4 rings (SSSR count). The van der Waals surface area contributed by atoms with Crippen molar-refractivity contribution in [2.24, 2.45) is 5.92 Å². The van der Waals surface area contributed by atoms with Crippen LogP contribution in [-0.2, 0) is 4.79 Å². The number of hydrogen-bond donors (Lipinski definition) is 1. The number of nitrogens with zero attached hydrogens (tertiary/aromatic N) is 2. The minimum atomic E-state index is -0.916. The summed E-state index contributed by atoms with van der Waals surface area (Å²) < 4.78 is 5.45. The molecular formula is C22H24N2O4. The molecule has 2 heterocycles. The number of aliphatic carboxylic acids is 1. The van der Waals surface area contributed by atoms with Gasteiger partial charge in [0.15, 0.2) is 0 Å². The minimum absolute atomic E-state index is 0.0164. The van der Waals surface area contributed by atoms with E-state index in [1.165, 1.54) is 0 Å². The molecule has 146 valence electrons. The Hall–Kier alpha value is -2.89. The molecule has 1 saturated carbocycles. The Bertz CT molecular complexity index is 883. The lowest BCUT2D eigenvalue weighted by Crippen LogP contribution is -2.46. The lowest BCUT2D eigenvalue weighted by atomic mass is 9.84. The summed E-state index contributed by atoms with van der Waals surface area (Å²) in [5.41, 5.74) is 1.90. The summed E-state index contributed by atoms with van der Waals surface area (Å²) in [5, 5.41) is 9.72. The summed E-state index contributed by atoms with van der Waals surface area (Å²) in [6, 6.07) is 10.1. The van der Waals surface area contributed by atoms with Gasteiger partial charge in [-0.15, -0.1) is 0 Å². The molecule has 2 aromatic rings. The van der Waals surface area contributed by atoms with Gasteiger partial charge in [0.2, 0.25) is 0 Å². The van der Waals surface area contributed by atoms with Crippen molar-refractivity contribution in [1.82, 2.24) is 9.88 Å². The number of likely N-dealkylation sites (tertiary alicyclic amines) is 1. The van der Waals surface area contributed by atoms with Crippen LogP contribution >= 0.6 is 0 Å². The smallest absolute Gasteiger partial charge is 0.326 e. The SMILES string of the molecule is COc1ccc(C(=O)N2C(C(=O)O)CC3CCCCC32)cc1-c1ccccn1. The molecule has 3 unspecified atom stereocenters. The van der Waals surface area contributed by atoms with Crippen LogP contribution in [0, 0.1) is 5.92 Å². The fourth-order valence-corrected chi connectivity index (χ4v) is 4.68. The first-order valence-electron chi connectivity index (χ1n) is 9.75. The maximum absolute atomic E-state index is 13.4. The second-order valence-electron chi connectivity index (χ2n) is 7.54. The van der Waals surface area contributed by atoms with Crippen molar-refractivity contribution >= 4 is 11.9 Å². The number of carboxylic acids is 1. The van der Waals surface area contributed by atoms with E-state index in [9.17, 15) is 14.7 Å². The zero-order chi connectivity index (χ0) is 19.7. The van der Waals surface area contributed by atoms with Gasteiger partial charge in [0.1, 0.15) is 11.8 Å². The summed E-state index contributed by atoms with van der Waals surface area (Å²) in [5.74, 6) is -0.225. The van der Waals surface area contributed by atoms with Crippen molar-refractivity contribution in [3.63, 3.8) is 0 Å². The standard InChI is InChI=1S/C22H24N2O4/c1-28-20-10-9-15(12-16(20)17-7-4-5-11-23-17)21(25)24-18-8-3-2-6-14(18)13-19(24)22(26)27/h4-5,7,9-12,14,18-19H,2-3,6,8,13H2,1H3,(H,26,27). The van der Waals surface area contributed by atoms with Gasteiger partial charge < -0.3 is 14.7 Å². The van der Waals surface area contributed by atoms with Crippen LogP contribution in [0.25, 0.3) is 11.3 Å². The van der Waals surface area contributed by atoms with Crippen molar-refractivity contribution in [3.8, 4) is 17.0 Å². The van der Waals surface area contributed by atoms with Crippen molar-refractivity contribution in [2.75, 3.05) is 7.11 Å². The van der Waals surface area contributed by atoms with Gasteiger partial charge in [0.05, 0.1) is 12.8 Å². The maximum atomic E-state index is 13.4. The second-order valence-corrected chi connectivity index (χ2v) is 7.54. The lowest BCUT2D eigenvalue weighted by Gasteiger charge is -2.33. The fourth-order valence-electron chi connectivity index (χ4n) is 4.68. The molecule has 1 aliphatic carbocycles. The van der Waals surface area contributed by atoms with E-state index in [1.54, 1.807) is 36.4 Å². The molecule has 1 aromatic carbocycles. The van der Waals surface area contributed by atoms with E-state index in [1.807, 2.05) is 18.2 Å². The molecule has 0 radical (unpaired) electrons. The van der Waals surface area contributed by atoms with Crippen molar-refractivity contribution in [1.29, 1.82) is 0 Å². The largest absolute Gasteiger partial charge is 0.496 e. The Balaban J connectivity index is 1.72. The molecule has 0 bridgehead atoms. The average Bonchev–Trinajstić information content (AvgIpc) is 3.13. The molecule has 3 atom stereocenters. The highest BCUT2D eigenvalue weighted by Crippen LogP contribution is 2.41. The normalized spacial score (nSPS) is 23.9. The van der Waals surface area contributed by atoms with Crippen molar-refractivity contribution < 1.29 is 19.4 Å². The lowest BCUT2D eigenvalue weighted by molar-refractivity contribution is -0.141. The first-order valence-corrected chi connectivity index (χ1v) is 9.75. The fraction of sp³-hybridized carbons (Fsp3) is 0.409. The molecule has 6 nitrogen and oxygen atoms in total. The van der Waals surface area contributed by atoms with Crippen LogP contribution in [0.2, 0.25) is 0 Å². The molecule has 1 N–H and O–H groups in total. The van der Waals surface area contributed by atoms with E-state index < -0.39 is 12.0 Å². The Morgan fingerprint density at radius 2 is 2.00 bits per heavy atom. The van der Waals surface area contributed by atoms with Crippen molar-refractivity contribution in [2.45, 2.75) is 44.2 Å². The van der Waals surface area contributed by atoms with Gasteiger partial charge in [-0.3, -0.25) is 9.78 Å². The van der Waals surface area contributed by atoms with Crippen LogP contribution in [0.15, 0.2) is 42.6 Å². The third kappa shape index (κ3) is 3.23. The first-order chi connectivity index (χ1) is 13.6. The monoisotopic (exact) mass is 380 g/mol. The molecule has 2 fully saturated rings. The number of fused-ring (bicyclic) bond motifs is 1. The third-order valence-corrected chi connectivity index (χ3v) is 5.99. The van der Waals surface area contributed by atoms with E-state index in [0.717, 1.165) is 31.2 Å². The molecular weight excluding hydrogens is 356 g/mol. The highest BCUT2D eigenvalue weighted by molar-refractivity contribution is 5.98. The highest BCUT2D eigenvalue weighted by Gasteiger charge is 2.47. The van der Waals surface area contributed by atoms with Crippen molar-refractivity contribution in [3.05, 3.63) is 48.2 Å². The van der Waals surface area contributed by atoms with Gasteiger partial charge in [0.25, 0.3) is 5.91 Å². The Morgan fingerprint density at radius 1 is 1.18 bits per heavy atom. The molecule has 6 heteroatoms. The van der Waals surface area contributed by atoms with Crippen LogP contribution < -0.4 is 4.74 Å². The molecule has 1 saturated heterocycles. The number of hydrogen-bond acceptors (Lipinski definition) is 4. The summed E-state index contributed by atoms with van der Waals surface area (Å²) >= 11 is 0. The Labute approximate surface area is 164 Å². The first kappa shape index (κ1) is 18.5. The Morgan fingerprint density at radius 3 is 2.71 bits per heavy atom. The van der Waals surface area contributed by atoms with E-state index in [0.29, 0.717) is 23.4 Å². The van der Waals surface area contributed by atoms with Gasteiger partial charge in [-0.25, -0.2) is 4.79 Å². The number of carbonyl (C=O) groups excluding carboxylic acids is 1. The van der Waals surface area contributed by atoms with Crippen LogP contribution in [-0.4, -0.2) is 46.1 Å². The second kappa shape index (κ2) is 7.62. The zero-order valence-corrected chi connectivity index (χ0v) is 15.9. The van der Waals surface area contributed by atoms with Gasteiger partial charge in [0, 0.05) is 23.4 Å². The van der Waals surface area contributed by atoms with Crippen LogP contribution in [0.5, 0.6) is 5.75 Å². The quantitative estimate of drug-likeness (QED) is 0.876. The zero-order valence-electron chi connectivity index (χ0n) is 15.9. The molecule has 28 heavy (non-hydrogen) atoms. The van der Waals surface area contributed by atoms with Gasteiger partial charge in [-0.2, -0.15) is 0 Å². The summed E-state index contributed by atoms with van der Waals surface area (Å²) in [7, 11) is 1.58. The van der Waals surface area contributed by atoms with Crippen LogP contribution in [0.1, 0.15) is 42.5 Å². The molecule has 1 amide bonds. The number of carbonyl (C=O) groups is 2. The summed E-state index contributed by atoms with van der Waals surface area (Å²) in [6.07, 6.45) is 6.27. The topological polar surface area (TPSA) is 79.7 Å². The molecule has 1 aliphatic heterocycles. The molecule has 0 spiro atoms. The minimum Gasteiger partial charge on any atom is -0.496 e. The van der Waals surface area contributed by atoms with E-state index in [4.69, 9.17) is 4.74 Å². The third-order valence-electron chi connectivity index (χ3n) is 5.99. The van der Waals surface area contributed by atoms with Crippen LogP contribution in [0.4, 0.5) is 0 Å². The van der Waals surface area contributed by atoms with Crippen LogP contribution in [0.3, 0.4) is 0 Å². The number of amides is 1. The number of aromatic nitrogens is 1. The number of rotatable bonds is 4. The number of pyridine rings is 1. The van der Waals surface area contributed by atoms with Gasteiger partial charge in [-0.1, -0.05) is 18.9 Å². The average molecular weight is 380 g/mol. The van der Waals surface area contributed by atoms with Gasteiger partial charge in [-0.05, 0) is 55.5 Å². The summed E-state index contributed by atoms with van der Waals surface area (Å²) in [4.78, 5) is 31.2. The maximum Gasteiger partial charge on any atom is 0.326 e. The van der Waals surface area contributed by atoms with E-state index in [-0.39, 0.29) is 17.9 Å². The number of ether oxygens (including phenoxy) is 1. The predicted octanol–water partition coefficient (Wildman–Crippen LogP) is 3.62. The Kier molecular flexibility index (Phi) is 5.03. The highest BCUT2D eigenvalue weighted by atomic mass is 16.5.